The summed E-state index contributed by atoms with van der Waals surface area (Å²) in [5.74, 6) is 1.43. The second kappa shape index (κ2) is 8.89. The van der Waals surface area contributed by atoms with Crippen molar-refractivity contribution >= 4 is 16.8 Å². The standard InChI is InChI=1S/C24H28N4O3/c1-17-9-10-20-21(15-17)25-23(26(3)24(20)30)18(2)27-11-13-28(14-12-27)22(29)16-31-19-7-5-4-6-8-19/h4-10,15,18H,11-14,16H2,1-3H3. The smallest absolute Gasteiger partial charge is 0.261 e. The van der Waals surface area contributed by atoms with Gasteiger partial charge in [-0.3, -0.25) is 19.1 Å². The summed E-state index contributed by atoms with van der Waals surface area (Å²) in [6.45, 7) is 6.81. The third-order valence-electron chi connectivity index (χ3n) is 5.96. The molecule has 0 bridgehead atoms. The molecule has 1 fully saturated rings. The lowest BCUT2D eigenvalue weighted by Crippen LogP contribution is -2.51. The highest BCUT2D eigenvalue weighted by Crippen LogP contribution is 2.21. The Hall–Kier alpha value is -3.19. The van der Waals surface area contributed by atoms with E-state index in [4.69, 9.17) is 9.72 Å². The van der Waals surface area contributed by atoms with Gasteiger partial charge in [-0.25, -0.2) is 4.98 Å². The van der Waals surface area contributed by atoms with Gasteiger partial charge in [0.25, 0.3) is 11.5 Å². The summed E-state index contributed by atoms with van der Waals surface area (Å²) in [6.07, 6.45) is 0. The SMILES string of the molecule is Cc1ccc2c(=O)n(C)c(C(C)N3CCN(C(=O)COc4ccccc4)CC3)nc2c1. The fraction of sp³-hybridized carbons (Fsp3) is 0.375. The Kier molecular flexibility index (Phi) is 6.04. The highest BCUT2D eigenvalue weighted by Gasteiger charge is 2.27. The molecule has 1 aromatic heterocycles. The first kappa shape index (κ1) is 21.1. The first-order chi connectivity index (χ1) is 14.9. The third kappa shape index (κ3) is 4.46. The Morgan fingerprint density at radius 3 is 2.52 bits per heavy atom. The quantitative estimate of drug-likeness (QED) is 0.635. The molecular formula is C24H28N4O3. The Bertz CT molecular complexity index is 1130. The van der Waals surface area contributed by atoms with Crippen LogP contribution in [0.4, 0.5) is 0 Å². The number of aryl methyl sites for hydroxylation is 1. The summed E-state index contributed by atoms with van der Waals surface area (Å²) in [5, 5.41) is 0.637. The van der Waals surface area contributed by atoms with Crippen LogP contribution in [0.5, 0.6) is 5.75 Å². The maximum Gasteiger partial charge on any atom is 0.261 e. The molecule has 0 radical (unpaired) electrons. The van der Waals surface area contributed by atoms with Gasteiger partial charge in [0.05, 0.1) is 16.9 Å². The molecule has 7 nitrogen and oxygen atoms in total. The van der Waals surface area contributed by atoms with Gasteiger partial charge in [-0.15, -0.1) is 0 Å². The van der Waals surface area contributed by atoms with Gasteiger partial charge in [0.2, 0.25) is 0 Å². The summed E-state index contributed by atoms with van der Waals surface area (Å²) < 4.78 is 7.24. The van der Waals surface area contributed by atoms with Gasteiger partial charge >= 0.3 is 0 Å². The van der Waals surface area contributed by atoms with E-state index in [0.717, 1.165) is 30.0 Å². The zero-order valence-electron chi connectivity index (χ0n) is 18.2. The van der Waals surface area contributed by atoms with Crippen LogP contribution in [0, 0.1) is 6.92 Å². The van der Waals surface area contributed by atoms with E-state index in [1.54, 1.807) is 11.6 Å². The molecule has 0 aliphatic carbocycles. The van der Waals surface area contributed by atoms with Crippen molar-refractivity contribution in [1.82, 2.24) is 19.4 Å². The summed E-state index contributed by atoms with van der Waals surface area (Å²) in [6, 6.07) is 15.1. The van der Waals surface area contributed by atoms with Crippen LogP contribution in [0.25, 0.3) is 10.9 Å². The fourth-order valence-electron chi connectivity index (χ4n) is 4.05. The Morgan fingerprint density at radius 2 is 1.81 bits per heavy atom. The molecule has 0 spiro atoms. The van der Waals surface area contributed by atoms with Crippen molar-refractivity contribution in [3.05, 3.63) is 70.3 Å². The van der Waals surface area contributed by atoms with E-state index in [1.165, 1.54) is 0 Å². The lowest BCUT2D eigenvalue weighted by atomic mass is 10.1. The predicted molar refractivity (Wildman–Crippen MR) is 120 cm³/mol. The van der Waals surface area contributed by atoms with Gasteiger partial charge in [0, 0.05) is 33.2 Å². The van der Waals surface area contributed by atoms with Crippen LogP contribution in [0.15, 0.2) is 53.3 Å². The second-order valence-corrected chi connectivity index (χ2v) is 8.05. The zero-order chi connectivity index (χ0) is 22.0. The lowest BCUT2D eigenvalue weighted by Gasteiger charge is -2.38. The maximum absolute atomic E-state index is 12.8. The maximum atomic E-state index is 12.8. The number of nitrogens with zero attached hydrogens (tertiary/aromatic N) is 4. The highest BCUT2D eigenvalue weighted by molar-refractivity contribution is 5.78. The summed E-state index contributed by atoms with van der Waals surface area (Å²) in [4.78, 5) is 34.2. The average molecular weight is 421 g/mol. The zero-order valence-corrected chi connectivity index (χ0v) is 18.2. The summed E-state index contributed by atoms with van der Waals surface area (Å²) in [7, 11) is 1.78. The van der Waals surface area contributed by atoms with E-state index in [1.807, 2.05) is 60.4 Å². The molecule has 1 atom stereocenters. The Balaban J connectivity index is 1.41. The number of ether oxygens (including phenoxy) is 1. The number of rotatable bonds is 5. The van der Waals surface area contributed by atoms with Crippen molar-refractivity contribution in [2.24, 2.45) is 7.05 Å². The van der Waals surface area contributed by atoms with Gasteiger partial charge in [0.1, 0.15) is 11.6 Å². The molecule has 4 rings (SSSR count). The van der Waals surface area contributed by atoms with Crippen molar-refractivity contribution < 1.29 is 9.53 Å². The number of piperazine rings is 1. The highest BCUT2D eigenvalue weighted by atomic mass is 16.5. The molecule has 2 aromatic carbocycles. The molecule has 7 heteroatoms. The van der Waals surface area contributed by atoms with Crippen LogP contribution in [0.3, 0.4) is 0 Å². The van der Waals surface area contributed by atoms with Gasteiger partial charge in [0.15, 0.2) is 6.61 Å². The minimum atomic E-state index is -0.0290. The fourth-order valence-corrected chi connectivity index (χ4v) is 4.05. The van der Waals surface area contributed by atoms with Gasteiger partial charge in [-0.05, 0) is 43.7 Å². The van der Waals surface area contributed by atoms with E-state index in [0.29, 0.717) is 24.2 Å². The van der Waals surface area contributed by atoms with Crippen LogP contribution in [-0.4, -0.2) is 58.0 Å². The van der Waals surface area contributed by atoms with E-state index < -0.39 is 0 Å². The van der Waals surface area contributed by atoms with Crippen molar-refractivity contribution in [2.45, 2.75) is 19.9 Å². The molecule has 31 heavy (non-hydrogen) atoms. The molecule has 1 saturated heterocycles. The van der Waals surface area contributed by atoms with Crippen LogP contribution >= 0.6 is 0 Å². The number of aromatic nitrogens is 2. The molecule has 0 saturated carbocycles. The molecular weight excluding hydrogens is 392 g/mol. The average Bonchev–Trinajstić information content (AvgIpc) is 2.80. The lowest BCUT2D eigenvalue weighted by molar-refractivity contribution is -0.135. The van der Waals surface area contributed by atoms with E-state index >= 15 is 0 Å². The van der Waals surface area contributed by atoms with E-state index in [2.05, 4.69) is 11.8 Å². The molecule has 1 unspecified atom stereocenters. The molecule has 1 aliphatic heterocycles. The monoisotopic (exact) mass is 420 g/mol. The summed E-state index contributed by atoms with van der Waals surface area (Å²) >= 11 is 0. The van der Waals surface area contributed by atoms with Crippen molar-refractivity contribution in [1.29, 1.82) is 0 Å². The van der Waals surface area contributed by atoms with Crippen molar-refractivity contribution in [3.8, 4) is 5.75 Å². The first-order valence-electron chi connectivity index (χ1n) is 10.6. The third-order valence-corrected chi connectivity index (χ3v) is 5.96. The van der Waals surface area contributed by atoms with Crippen LogP contribution < -0.4 is 10.3 Å². The number of carbonyl (C=O) groups is 1. The summed E-state index contributed by atoms with van der Waals surface area (Å²) in [5.41, 5.74) is 1.78. The van der Waals surface area contributed by atoms with Crippen molar-refractivity contribution in [2.75, 3.05) is 32.8 Å². The molecule has 1 amide bonds. The normalized spacial score (nSPS) is 15.8. The number of amides is 1. The van der Waals surface area contributed by atoms with Crippen LogP contribution in [-0.2, 0) is 11.8 Å². The number of benzene rings is 2. The molecule has 2 heterocycles. The van der Waals surface area contributed by atoms with E-state index in [9.17, 15) is 9.59 Å². The van der Waals surface area contributed by atoms with Crippen LogP contribution in [0.2, 0.25) is 0 Å². The number of hydrogen-bond acceptors (Lipinski definition) is 5. The van der Waals surface area contributed by atoms with E-state index in [-0.39, 0.29) is 24.1 Å². The molecule has 0 N–H and O–H groups in total. The molecule has 3 aromatic rings. The van der Waals surface area contributed by atoms with Gasteiger partial charge in [-0.1, -0.05) is 24.3 Å². The number of fused-ring (bicyclic) bond motifs is 1. The van der Waals surface area contributed by atoms with Crippen LogP contribution in [0.1, 0.15) is 24.4 Å². The molecule has 1 aliphatic rings. The predicted octanol–water partition coefficient (Wildman–Crippen LogP) is 2.53. The Labute approximate surface area is 181 Å². The Morgan fingerprint density at radius 1 is 1.10 bits per heavy atom. The number of hydrogen-bond donors (Lipinski definition) is 0. The molecule has 162 valence electrons. The minimum Gasteiger partial charge on any atom is -0.484 e. The minimum absolute atomic E-state index is 0.0112. The van der Waals surface area contributed by atoms with Crippen molar-refractivity contribution in [3.63, 3.8) is 0 Å². The largest absolute Gasteiger partial charge is 0.484 e. The topological polar surface area (TPSA) is 67.7 Å². The number of carbonyl (C=O) groups excluding carboxylic acids is 1. The second-order valence-electron chi connectivity index (χ2n) is 8.05. The first-order valence-corrected chi connectivity index (χ1v) is 10.6. The van der Waals surface area contributed by atoms with Gasteiger partial charge < -0.3 is 9.64 Å². The number of para-hydroxylation sites is 1. The van der Waals surface area contributed by atoms with Gasteiger partial charge in [-0.2, -0.15) is 0 Å².